The maximum atomic E-state index is 13.3. The predicted octanol–water partition coefficient (Wildman–Crippen LogP) is 2.98. The first-order valence-corrected chi connectivity index (χ1v) is 12.2. The first-order chi connectivity index (χ1) is 14.9. The largest absolute Gasteiger partial charge is 0.497 e. The molecule has 0 radical (unpaired) electrons. The summed E-state index contributed by atoms with van der Waals surface area (Å²) in [5.74, 6) is 0.349. The van der Waals surface area contributed by atoms with Gasteiger partial charge in [-0.2, -0.15) is 4.31 Å². The number of hydrogen-bond acceptors (Lipinski definition) is 5. The second-order valence-electron chi connectivity index (χ2n) is 8.53. The van der Waals surface area contributed by atoms with Crippen molar-refractivity contribution in [3.8, 4) is 5.75 Å². The van der Waals surface area contributed by atoms with Gasteiger partial charge in [-0.25, -0.2) is 8.42 Å². The van der Waals surface area contributed by atoms with Crippen LogP contribution in [0.5, 0.6) is 5.75 Å². The Bertz CT molecular complexity index is 1000. The van der Waals surface area contributed by atoms with E-state index in [-0.39, 0.29) is 28.7 Å². The number of nitrogens with zero attached hydrogens (tertiary/aromatic N) is 2. The van der Waals surface area contributed by atoms with Gasteiger partial charge in [0.2, 0.25) is 15.9 Å². The van der Waals surface area contributed by atoms with Crippen molar-refractivity contribution < 1.29 is 17.9 Å². The fraction of sp³-hybridized carbons (Fsp3) is 0.478. The van der Waals surface area contributed by atoms with Crippen LogP contribution in [0.4, 0.5) is 0 Å². The minimum Gasteiger partial charge on any atom is -0.497 e. The van der Waals surface area contributed by atoms with Gasteiger partial charge in [-0.3, -0.25) is 9.78 Å². The third-order valence-corrected chi connectivity index (χ3v) is 8.48. The maximum absolute atomic E-state index is 13.3. The number of pyridine rings is 1. The van der Waals surface area contributed by atoms with E-state index in [0.29, 0.717) is 13.1 Å². The minimum atomic E-state index is -3.68. The lowest BCUT2D eigenvalue weighted by molar-refractivity contribution is -0.128. The minimum absolute atomic E-state index is 0.0680. The lowest BCUT2D eigenvalue weighted by atomic mass is 9.67. The Balaban J connectivity index is 1.52. The molecule has 1 atom stereocenters. The molecule has 1 aromatic carbocycles. The monoisotopic (exact) mass is 443 g/mol. The Labute approximate surface area is 183 Å². The fourth-order valence-corrected chi connectivity index (χ4v) is 6.45. The molecule has 1 spiro atoms. The molecule has 1 aliphatic carbocycles. The molecule has 1 amide bonds. The molecule has 2 aromatic rings. The standard InChI is InChI=1S/C23H29N3O4S/c1-30-19-9-7-18(8-10-19)14-25-22(27)21-16-26(17-23(21)11-3-2-4-12-23)31(28,29)20-6-5-13-24-15-20/h5-10,13,15,21H,2-4,11-12,14,16-17H2,1H3,(H,25,27)/t21-/m1/s1. The van der Waals surface area contributed by atoms with Crippen molar-refractivity contribution in [2.24, 2.45) is 11.3 Å². The Hall–Kier alpha value is -2.45. The summed E-state index contributed by atoms with van der Waals surface area (Å²) >= 11 is 0. The van der Waals surface area contributed by atoms with E-state index in [4.69, 9.17) is 4.74 Å². The molecule has 1 saturated heterocycles. The zero-order valence-electron chi connectivity index (χ0n) is 17.8. The Morgan fingerprint density at radius 2 is 1.94 bits per heavy atom. The number of rotatable bonds is 6. The van der Waals surface area contributed by atoms with Crippen molar-refractivity contribution in [3.05, 3.63) is 54.4 Å². The van der Waals surface area contributed by atoms with Gasteiger partial charge in [0.15, 0.2) is 0 Å². The molecule has 0 unspecified atom stereocenters. The van der Waals surface area contributed by atoms with Gasteiger partial charge in [0, 0.05) is 32.0 Å². The van der Waals surface area contributed by atoms with Crippen molar-refractivity contribution in [2.75, 3.05) is 20.2 Å². The number of nitrogens with one attached hydrogen (secondary N) is 1. The number of aromatic nitrogens is 1. The van der Waals surface area contributed by atoms with Gasteiger partial charge in [0.05, 0.1) is 13.0 Å². The summed E-state index contributed by atoms with van der Waals surface area (Å²) in [4.78, 5) is 17.4. The van der Waals surface area contributed by atoms with E-state index in [2.05, 4.69) is 10.3 Å². The van der Waals surface area contributed by atoms with Crippen molar-refractivity contribution in [2.45, 2.75) is 43.5 Å². The van der Waals surface area contributed by atoms with Crippen LogP contribution in [0.25, 0.3) is 0 Å². The van der Waals surface area contributed by atoms with E-state index >= 15 is 0 Å². The highest BCUT2D eigenvalue weighted by Gasteiger charge is 2.53. The Morgan fingerprint density at radius 3 is 2.58 bits per heavy atom. The fourth-order valence-electron chi connectivity index (χ4n) is 4.93. The van der Waals surface area contributed by atoms with Crippen LogP contribution in [0.2, 0.25) is 0 Å². The number of ether oxygens (including phenoxy) is 1. The van der Waals surface area contributed by atoms with Gasteiger partial charge in [0.1, 0.15) is 10.6 Å². The van der Waals surface area contributed by atoms with Crippen molar-refractivity contribution >= 4 is 15.9 Å². The average Bonchev–Trinajstić information content (AvgIpc) is 3.18. The topological polar surface area (TPSA) is 88.6 Å². The van der Waals surface area contributed by atoms with Gasteiger partial charge in [-0.05, 0) is 48.1 Å². The van der Waals surface area contributed by atoms with Gasteiger partial charge < -0.3 is 10.1 Å². The van der Waals surface area contributed by atoms with Crippen molar-refractivity contribution in [1.82, 2.24) is 14.6 Å². The van der Waals surface area contributed by atoms with Crippen LogP contribution < -0.4 is 10.1 Å². The third kappa shape index (κ3) is 4.45. The lowest BCUT2D eigenvalue weighted by Gasteiger charge is -2.37. The summed E-state index contributed by atoms with van der Waals surface area (Å²) in [6.45, 7) is 1.02. The maximum Gasteiger partial charge on any atom is 0.244 e. The quantitative estimate of drug-likeness (QED) is 0.742. The molecule has 2 aliphatic rings. The predicted molar refractivity (Wildman–Crippen MR) is 117 cm³/mol. The highest BCUT2D eigenvalue weighted by atomic mass is 32.2. The smallest absolute Gasteiger partial charge is 0.244 e. The lowest BCUT2D eigenvalue weighted by Crippen LogP contribution is -2.42. The number of carbonyl (C=O) groups is 1. The number of carbonyl (C=O) groups excluding carboxylic acids is 1. The normalized spacial score (nSPS) is 21.1. The molecular weight excluding hydrogens is 414 g/mol. The molecule has 1 saturated carbocycles. The van der Waals surface area contributed by atoms with E-state index < -0.39 is 10.0 Å². The average molecular weight is 444 g/mol. The van der Waals surface area contributed by atoms with Gasteiger partial charge in [-0.15, -0.1) is 0 Å². The first-order valence-electron chi connectivity index (χ1n) is 10.8. The van der Waals surface area contributed by atoms with E-state index in [0.717, 1.165) is 43.4 Å². The molecule has 0 bridgehead atoms. The highest BCUT2D eigenvalue weighted by Crippen LogP contribution is 2.48. The third-order valence-electron chi connectivity index (χ3n) is 6.68. The van der Waals surface area contributed by atoms with E-state index in [1.807, 2.05) is 24.3 Å². The van der Waals surface area contributed by atoms with E-state index in [1.54, 1.807) is 25.4 Å². The van der Waals surface area contributed by atoms with Crippen LogP contribution in [0, 0.1) is 11.3 Å². The summed E-state index contributed by atoms with van der Waals surface area (Å²) in [6.07, 6.45) is 7.89. The van der Waals surface area contributed by atoms with Crippen molar-refractivity contribution in [3.63, 3.8) is 0 Å². The van der Waals surface area contributed by atoms with Crippen LogP contribution in [-0.2, 0) is 21.4 Å². The Kier molecular flexibility index (Phi) is 6.29. The summed E-state index contributed by atoms with van der Waals surface area (Å²) in [7, 11) is -2.06. The molecule has 1 N–H and O–H groups in total. The van der Waals surface area contributed by atoms with Crippen LogP contribution in [0.15, 0.2) is 53.7 Å². The van der Waals surface area contributed by atoms with Gasteiger partial charge >= 0.3 is 0 Å². The second kappa shape index (κ2) is 8.96. The molecule has 2 heterocycles. The molecule has 2 fully saturated rings. The number of hydrogen-bond donors (Lipinski definition) is 1. The molecule has 1 aliphatic heterocycles. The van der Waals surface area contributed by atoms with Crippen LogP contribution in [0.1, 0.15) is 37.7 Å². The number of sulfonamides is 1. The van der Waals surface area contributed by atoms with E-state index in [1.165, 1.54) is 10.5 Å². The zero-order chi connectivity index (χ0) is 21.9. The van der Waals surface area contributed by atoms with Gasteiger partial charge in [-0.1, -0.05) is 31.4 Å². The van der Waals surface area contributed by atoms with Crippen LogP contribution in [0.3, 0.4) is 0 Å². The Morgan fingerprint density at radius 1 is 1.19 bits per heavy atom. The molecular formula is C23H29N3O4S. The zero-order valence-corrected chi connectivity index (χ0v) is 18.6. The highest BCUT2D eigenvalue weighted by molar-refractivity contribution is 7.89. The summed E-state index contributed by atoms with van der Waals surface area (Å²) in [5, 5.41) is 3.05. The van der Waals surface area contributed by atoms with Crippen LogP contribution >= 0.6 is 0 Å². The summed E-state index contributed by atoms with van der Waals surface area (Å²) in [6, 6.07) is 10.8. The molecule has 166 valence electrons. The molecule has 8 heteroatoms. The summed E-state index contributed by atoms with van der Waals surface area (Å²) in [5.41, 5.74) is 0.682. The molecule has 7 nitrogen and oxygen atoms in total. The SMILES string of the molecule is COc1ccc(CNC(=O)[C@H]2CN(S(=O)(=O)c3cccnc3)CC23CCCCC3)cc1. The molecule has 31 heavy (non-hydrogen) atoms. The number of amides is 1. The van der Waals surface area contributed by atoms with Gasteiger partial charge in [0.25, 0.3) is 0 Å². The van der Waals surface area contributed by atoms with Crippen LogP contribution in [-0.4, -0.2) is 43.8 Å². The number of benzene rings is 1. The van der Waals surface area contributed by atoms with Crippen molar-refractivity contribution in [1.29, 1.82) is 0 Å². The molecule has 4 rings (SSSR count). The van der Waals surface area contributed by atoms with E-state index in [9.17, 15) is 13.2 Å². The second-order valence-corrected chi connectivity index (χ2v) is 10.5. The molecule has 1 aromatic heterocycles. The first kappa shape index (κ1) is 21.8. The summed E-state index contributed by atoms with van der Waals surface area (Å²) < 4.78 is 33.1. The number of methoxy groups -OCH3 is 1.